The fourth-order valence-corrected chi connectivity index (χ4v) is 5.31. The van der Waals surface area contributed by atoms with Crippen LogP contribution in [0.25, 0.3) is 5.76 Å². The van der Waals surface area contributed by atoms with Crippen LogP contribution < -0.4 is 9.47 Å². The SMILES string of the molecule is CCOc1ccc(C2/C(=C(\O)c3cc(Cl)cc(Cl)c3OC)C(=O)C(=O)N2C2CCCC2)cc1. The first-order valence-corrected chi connectivity index (χ1v) is 11.7. The first-order chi connectivity index (χ1) is 15.9. The predicted molar refractivity (Wildman–Crippen MR) is 127 cm³/mol. The molecule has 6 nitrogen and oxygen atoms in total. The minimum Gasteiger partial charge on any atom is -0.507 e. The number of ether oxygens (including phenoxy) is 2. The van der Waals surface area contributed by atoms with Crippen LogP contribution in [0.4, 0.5) is 0 Å². The number of rotatable bonds is 6. The van der Waals surface area contributed by atoms with Crippen molar-refractivity contribution < 1.29 is 24.2 Å². The topological polar surface area (TPSA) is 76.1 Å². The molecule has 1 saturated carbocycles. The van der Waals surface area contributed by atoms with Gasteiger partial charge in [-0.15, -0.1) is 0 Å². The highest BCUT2D eigenvalue weighted by atomic mass is 35.5. The third-order valence-corrected chi connectivity index (χ3v) is 6.67. The fourth-order valence-electron chi connectivity index (χ4n) is 4.74. The molecule has 174 valence electrons. The maximum atomic E-state index is 13.3. The minimum absolute atomic E-state index is 0.00677. The van der Waals surface area contributed by atoms with Crippen molar-refractivity contribution >= 4 is 40.7 Å². The zero-order chi connectivity index (χ0) is 23.7. The van der Waals surface area contributed by atoms with Crippen molar-refractivity contribution in [3.8, 4) is 11.5 Å². The van der Waals surface area contributed by atoms with E-state index >= 15 is 0 Å². The number of aliphatic hydroxyl groups is 1. The van der Waals surface area contributed by atoms with Crippen molar-refractivity contribution in [2.24, 2.45) is 0 Å². The summed E-state index contributed by atoms with van der Waals surface area (Å²) in [6.45, 7) is 2.42. The Morgan fingerprint density at radius 3 is 2.39 bits per heavy atom. The van der Waals surface area contributed by atoms with E-state index in [1.54, 1.807) is 17.0 Å². The van der Waals surface area contributed by atoms with Crippen molar-refractivity contribution in [1.82, 2.24) is 4.90 Å². The molecule has 1 amide bonds. The van der Waals surface area contributed by atoms with Gasteiger partial charge in [-0.1, -0.05) is 48.2 Å². The Hall–Kier alpha value is -2.70. The second-order valence-electron chi connectivity index (χ2n) is 8.12. The normalized spacial score (nSPS) is 20.5. The third-order valence-electron chi connectivity index (χ3n) is 6.17. The molecule has 1 unspecified atom stereocenters. The summed E-state index contributed by atoms with van der Waals surface area (Å²) in [7, 11) is 1.41. The number of ketones is 1. The van der Waals surface area contributed by atoms with Gasteiger partial charge in [0, 0.05) is 11.1 Å². The molecular weight excluding hydrogens is 465 g/mol. The quantitative estimate of drug-likeness (QED) is 0.316. The van der Waals surface area contributed by atoms with E-state index in [4.69, 9.17) is 32.7 Å². The number of aliphatic hydroxyl groups excluding tert-OH is 1. The summed E-state index contributed by atoms with van der Waals surface area (Å²) in [5.74, 6) is -0.863. The molecule has 1 N–H and O–H groups in total. The van der Waals surface area contributed by atoms with Crippen LogP contribution in [0.1, 0.15) is 49.8 Å². The molecule has 1 aliphatic heterocycles. The van der Waals surface area contributed by atoms with Crippen LogP contribution in [0, 0.1) is 0 Å². The largest absolute Gasteiger partial charge is 0.507 e. The lowest BCUT2D eigenvalue weighted by Gasteiger charge is -2.31. The molecule has 2 aromatic rings. The first-order valence-electron chi connectivity index (χ1n) is 10.9. The lowest BCUT2D eigenvalue weighted by molar-refractivity contribution is -0.141. The van der Waals surface area contributed by atoms with E-state index in [-0.39, 0.29) is 38.7 Å². The molecule has 4 rings (SSSR count). The van der Waals surface area contributed by atoms with Crippen molar-refractivity contribution in [3.05, 3.63) is 63.1 Å². The van der Waals surface area contributed by atoms with Gasteiger partial charge in [0.25, 0.3) is 11.7 Å². The van der Waals surface area contributed by atoms with Gasteiger partial charge >= 0.3 is 0 Å². The van der Waals surface area contributed by atoms with Crippen LogP contribution in [-0.2, 0) is 9.59 Å². The molecule has 0 spiro atoms. The first kappa shape index (κ1) is 23.5. The van der Waals surface area contributed by atoms with E-state index in [0.717, 1.165) is 25.7 Å². The van der Waals surface area contributed by atoms with Gasteiger partial charge in [0.1, 0.15) is 17.3 Å². The van der Waals surface area contributed by atoms with Crippen LogP contribution in [0.3, 0.4) is 0 Å². The van der Waals surface area contributed by atoms with Gasteiger partial charge in [-0.25, -0.2) is 0 Å². The molecule has 33 heavy (non-hydrogen) atoms. The lowest BCUT2D eigenvalue weighted by atomic mass is 9.94. The van der Waals surface area contributed by atoms with E-state index in [1.165, 1.54) is 19.2 Å². The van der Waals surface area contributed by atoms with Gasteiger partial charge in [0.2, 0.25) is 0 Å². The van der Waals surface area contributed by atoms with Crippen molar-refractivity contribution in [2.75, 3.05) is 13.7 Å². The Labute approximate surface area is 202 Å². The number of hydrogen-bond donors (Lipinski definition) is 1. The number of benzene rings is 2. The number of amides is 1. The van der Waals surface area contributed by atoms with Crippen LogP contribution in [0.5, 0.6) is 11.5 Å². The second kappa shape index (κ2) is 9.65. The molecule has 1 saturated heterocycles. The van der Waals surface area contributed by atoms with E-state index in [2.05, 4.69) is 0 Å². The fraction of sp³-hybridized carbons (Fsp3) is 0.360. The number of methoxy groups -OCH3 is 1. The predicted octanol–water partition coefficient (Wildman–Crippen LogP) is 5.77. The molecule has 0 bridgehead atoms. The Morgan fingerprint density at radius 1 is 1.12 bits per heavy atom. The molecule has 0 aromatic heterocycles. The van der Waals surface area contributed by atoms with Crippen molar-refractivity contribution in [2.45, 2.75) is 44.7 Å². The van der Waals surface area contributed by atoms with Gasteiger partial charge < -0.3 is 19.5 Å². The zero-order valence-electron chi connectivity index (χ0n) is 18.4. The maximum Gasteiger partial charge on any atom is 0.295 e. The molecule has 1 aliphatic carbocycles. The Kier molecular flexibility index (Phi) is 6.86. The van der Waals surface area contributed by atoms with Gasteiger partial charge in [0.15, 0.2) is 0 Å². The Morgan fingerprint density at radius 2 is 1.79 bits per heavy atom. The van der Waals surface area contributed by atoms with Crippen LogP contribution in [0.15, 0.2) is 42.0 Å². The monoisotopic (exact) mass is 489 g/mol. The lowest BCUT2D eigenvalue weighted by Crippen LogP contribution is -2.37. The highest BCUT2D eigenvalue weighted by Crippen LogP contribution is 2.45. The summed E-state index contributed by atoms with van der Waals surface area (Å²) >= 11 is 12.4. The van der Waals surface area contributed by atoms with Gasteiger partial charge in [0.05, 0.1) is 35.9 Å². The number of hydrogen-bond acceptors (Lipinski definition) is 5. The second-order valence-corrected chi connectivity index (χ2v) is 8.96. The number of carbonyl (C=O) groups excluding carboxylic acids is 2. The standard InChI is InChI=1S/C25H25Cl2NO5/c1-3-33-17-10-8-14(9-11-17)21-20(23(30)25(31)28(21)16-6-4-5-7-16)22(29)18-12-15(26)13-19(27)24(18)32-2/h8-13,16,21,29H,3-7H2,1-2H3/b22-20+. The average molecular weight is 490 g/mol. The van der Waals surface area contributed by atoms with Crippen LogP contribution in [-0.4, -0.2) is 41.5 Å². The van der Waals surface area contributed by atoms with Gasteiger partial charge in [-0.2, -0.15) is 0 Å². The van der Waals surface area contributed by atoms with E-state index in [9.17, 15) is 14.7 Å². The number of nitrogens with zero attached hydrogens (tertiary/aromatic N) is 1. The zero-order valence-corrected chi connectivity index (χ0v) is 19.9. The summed E-state index contributed by atoms with van der Waals surface area (Å²) in [5, 5.41) is 11.8. The van der Waals surface area contributed by atoms with Gasteiger partial charge in [-0.3, -0.25) is 9.59 Å². The summed E-state index contributed by atoms with van der Waals surface area (Å²) in [5.41, 5.74) is 0.862. The maximum absolute atomic E-state index is 13.3. The molecule has 2 fully saturated rings. The number of halogens is 2. The molecule has 2 aromatic carbocycles. The number of Topliss-reactive ketones (excluding diaryl/α,β-unsaturated/α-hetero) is 1. The molecule has 2 aliphatic rings. The van der Waals surface area contributed by atoms with Gasteiger partial charge in [-0.05, 0) is 49.6 Å². The smallest absolute Gasteiger partial charge is 0.295 e. The summed E-state index contributed by atoms with van der Waals surface area (Å²) < 4.78 is 10.9. The summed E-state index contributed by atoms with van der Waals surface area (Å²) in [6.07, 6.45) is 3.60. The van der Waals surface area contributed by atoms with Crippen molar-refractivity contribution in [1.29, 1.82) is 0 Å². The van der Waals surface area contributed by atoms with E-state index in [1.807, 2.05) is 19.1 Å². The third kappa shape index (κ3) is 4.30. The minimum atomic E-state index is -0.744. The molecular formula is C25H25Cl2NO5. The van der Waals surface area contributed by atoms with E-state index < -0.39 is 17.7 Å². The van der Waals surface area contributed by atoms with Crippen molar-refractivity contribution in [3.63, 3.8) is 0 Å². The molecule has 1 atom stereocenters. The molecule has 0 radical (unpaired) electrons. The average Bonchev–Trinajstić information content (AvgIpc) is 3.40. The van der Waals surface area contributed by atoms with Crippen LogP contribution in [0.2, 0.25) is 10.0 Å². The highest BCUT2D eigenvalue weighted by molar-refractivity contribution is 6.47. The number of carbonyl (C=O) groups is 2. The number of likely N-dealkylation sites (tertiary alicyclic amines) is 1. The summed E-state index contributed by atoms with van der Waals surface area (Å²) in [6, 6.07) is 9.37. The molecule has 8 heteroatoms. The molecule has 1 heterocycles. The Balaban J connectivity index is 1.91. The van der Waals surface area contributed by atoms with Crippen LogP contribution >= 0.6 is 23.2 Å². The highest BCUT2D eigenvalue weighted by Gasteiger charge is 2.49. The summed E-state index contributed by atoms with van der Waals surface area (Å²) in [4.78, 5) is 28.1. The Bertz CT molecular complexity index is 1110. The van der Waals surface area contributed by atoms with E-state index in [0.29, 0.717) is 17.9 Å².